The van der Waals surface area contributed by atoms with Crippen molar-refractivity contribution < 1.29 is 14.8 Å². The van der Waals surface area contributed by atoms with Crippen molar-refractivity contribution in [3.63, 3.8) is 0 Å². The summed E-state index contributed by atoms with van der Waals surface area (Å²) in [6.45, 7) is 12.6. The Morgan fingerprint density at radius 2 is 1.57 bits per heavy atom. The molecule has 1 amide bonds. The highest BCUT2D eigenvalue weighted by Gasteiger charge is 2.21. The maximum Gasteiger partial charge on any atom is 0.279 e. The van der Waals surface area contributed by atoms with E-state index in [2.05, 4.69) is 79.6 Å². The maximum absolute atomic E-state index is 12.5. The third kappa shape index (κ3) is 6.07. The molecule has 3 rings (SSSR count). The fourth-order valence-electron chi connectivity index (χ4n) is 3.92. The molecule has 5 nitrogen and oxygen atoms in total. The molecule has 1 atom stereocenters. The first kappa shape index (κ1) is 22.3. The topological polar surface area (TPSA) is 58.2 Å². The first-order valence-corrected chi connectivity index (χ1v) is 11.1. The van der Waals surface area contributed by atoms with Crippen molar-refractivity contribution in [1.82, 2.24) is 0 Å². The van der Waals surface area contributed by atoms with E-state index in [9.17, 15) is 4.79 Å². The molecule has 0 bridgehead atoms. The van der Waals surface area contributed by atoms with Gasteiger partial charge < -0.3 is 20.3 Å². The van der Waals surface area contributed by atoms with Crippen molar-refractivity contribution >= 4 is 17.3 Å². The lowest BCUT2D eigenvalue weighted by molar-refractivity contribution is -0.692. The Morgan fingerprint density at radius 1 is 0.967 bits per heavy atom. The van der Waals surface area contributed by atoms with Gasteiger partial charge in [-0.1, -0.05) is 52.0 Å². The van der Waals surface area contributed by atoms with Gasteiger partial charge in [-0.05, 0) is 35.7 Å². The molecule has 1 heterocycles. The van der Waals surface area contributed by atoms with Crippen molar-refractivity contribution in [2.75, 3.05) is 43.1 Å². The number of morpholine rings is 1. The van der Waals surface area contributed by atoms with E-state index in [-0.39, 0.29) is 11.9 Å². The summed E-state index contributed by atoms with van der Waals surface area (Å²) in [5, 5.41) is 5.17. The number of hydrogen-bond acceptors (Lipinski definition) is 3. The standard InChI is InChI=1S/C25H35N3O2/c1-18(2)20-5-7-21(8-6-20)25(19(3)4)26-17-24(29)27-22-9-11-23(12-10-22)28-13-15-30-16-14-28/h5-12,18-19,25-26H,13-17H2,1-4H3,(H,27,29)/p+1/t25-/m0/s1. The van der Waals surface area contributed by atoms with Crippen molar-refractivity contribution in [3.05, 3.63) is 59.7 Å². The molecule has 1 aliphatic rings. The average molecular weight is 411 g/mol. The minimum absolute atomic E-state index is 0.0265. The van der Waals surface area contributed by atoms with Crippen molar-refractivity contribution in [2.45, 2.75) is 39.7 Å². The van der Waals surface area contributed by atoms with Crippen LogP contribution in [0, 0.1) is 5.92 Å². The third-order valence-corrected chi connectivity index (χ3v) is 5.79. The predicted molar refractivity (Wildman–Crippen MR) is 123 cm³/mol. The summed E-state index contributed by atoms with van der Waals surface area (Å²) in [6, 6.07) is 17.2. The molecule has 0 saturated carbocycles. The lowest BCUT2D eigenvalue weighted by Gasteiger charge is -2.28. The number of carbonyl (C=O) groups excluding carboxylic acids is 1. The van der Waals surface area contributed by atoms with Crippen LogP contribution in [0.1, 0.15) is 50.8 Å². The monoisotopic (exact) mass is 410 g/mol. The molecule has 0 aromatic heterocycles. The van der Waals surface area contributed by atoms with Gasteiger partial charge in [0.2, 0.25) is 0 Å². The molecular formula is C25H36N3O2+. The highest BCUT2D eigenvalue weighted by molar-refractivity contribution is 5.91. The number of nitrogens with one attached hydrogen (secondary N) is 1. The summed E-state index contributed by atoms with van der Waals surface area (Å²) in [4.78, 5) is 14.8. The van der Waals surface area contributed by atoms with Crippen LogP contribution in [0.25, 0.3) is 0 Å². The van der Waals surface area contributed by atoms with Crippen LogP contribution in [0.3, 0.4) is 0 Å². The lowest BCUT2D eigenvalue weighted by atomic mass is 9.93. The summed E-state index contributed by atoms with van der Waals surface area (Å²) in [5.41, 5.74) is 4.64. The zero-order valence-electron chi connectivity index (χ0n) is 18.7. The number of hydrogen-bond donors (Lipinski definition) is 2. The van der Waals surface area contributed by atoms with E-state index in [1.807, 2.05) is 12.1 Å². The van der Waals surface area contributed by atoms with Crippen LogP contribution >= 0.6 is 0 Å². The van der Waals surface area contributed by atoms with Gasteiger partial charge in [0.1, 0.15) is 6.04 Å². The first-order valence-electron chi connectivity index (χ1n) is 11.1. The SMILES string of the molecule is CC(C)c1ccc([C@@H]([NH2+]CC(=O)Nc2ccc(N3CCOCC3)cc2)C(C)C)cc1. The number of nitrogens with zero attached hydrogens (tertiary/aromatic N) is 1. The fraction of sp³-hybridized carbons (Fsp3) is 0.480. The molecule has 3 N–H and O–H groups in total. The smallest absolute Gasteiger partial charge is 0.279 e. The van der Waals surface area contributed by atoms with Gasteiger partial charge in [0.05, 0.1) is 13.2 Å². The van der Waals surface area contributed by atoms with Crippen LogP contribution in [0.4, 0.5) is 11.4 Å². The molecule has 0 spiro atoms. The lowest BCUT2D eigenvalue weighted by Crippen LogP contribution is -2.88. The maximum atomic E-state index is 12.5. The largest absolute Gasteiger partial charge is 0.378 e. The first-order chi connectivity index (χ1) is 14.4. The summed E-state index contributed by atoms with van der Waals surface area (Å²) in [5.74, 6) is 0.995. The molecule has 1 saturated heterocycles. The van der Waals surface area contributed by atoms with Gasteiger partial charge in [-0.25, -0.2) is 0 Å². The highest BCUT2D eigenvalue weighted by atomic mass is 16.5. The molecule has 162 valence electrons. The number of rotatable bonds is 8. The van der Waals surface area contributed by atoms with Crippen molar-refractivity contribution in [1.29, 1.82) is 0 Å². The molecule has 2 aromatic carbocycles. The van der Waals surface area contributed by atoms with E-state index >= 15 is 0 Å². The van der Waals surface area contributed by atoms with Crippen LogP contribution in [-0.4, -0.2) is 38.8 Å². The predicted octanol–water partition coefficient (Wildman–Crippen LogP) is 3.55. The van der Waals surface area contributed by atoms with Crippen LogP contribution in [-0.2, 0) is 9.53 Å². The zero-order valence-corrected chi connectivity index (χ0v) is 18.7. The van der Waals surface area contributed by atoms with E-state index in [0.717, 1.165) is 32.0 Å². The number of anilines is 2. The highest BCUT2D eigenvalue weighted by Crippen LogP contribution is 2.21. The number of amides is 1. The minimum atomic E-state index is 0.0265. The molecule has 0 unspecified atom stereocenters. The van der Waals surface area contributed by atoms with Crippen molar-refractivity contribution in [2.24, 2.45) is 5.92 Å². The van der Waals surface area contributed by atoms with Gasteiger partial charge in [0.15, 0.2) is 6.54 Å². The third-order valence-electron chi connectivity index (χ3n) is 5.79. The Balaban J connectivity index is 1.54. The van der Waals surface area contributed by atoms with Crippen LogP contribution in [0.15, 0.2) is 48.5 Å². The number of quaternary nitrogens is 1. The van der Waals surface area contributed by atoms with Gasteiger partial charge in [0, 0.05) is 35.9 Å². The van der Waals surface area contributed by atoms with E-state index in [1.165, 1.54) is 16.8 Å². The Hall–Kier alpha value is -2.37. The molecule has 30 heavy (non-hydrogen) atoms. The Labute approximate surface area is 180 Å². The second-order valence-electron chi connectivity index (χ2n) is 8.73. The Morgan fingerprint density at radius 3 is 2.13 bits per heavy atom. The molecule has 1 aliphatic heterocycles. The Bertz CT molecular complexity index is 794. The van der Waals surface area contributed by atoms with E-state index in [1.54, 1.807) is 0 Å². The number of carbonyl (C=O) groups is 1. The second-order valence-corrected chi connectivity index (χ2v) is 8.73. The number of nitrogens with two attached hydrogens (primary N) is 1. The molecule has 0 radical (unpaired) electrons. The van der Waals surface area contributed by atoms with Gasteiger partial charge in [0.25, 0.3) is 5.91 Å². The van der Waals surface area contributed by atoms with E-state index in [4.69, 9.17) is 4.74 Å². The average Bonchev–Trinajstić information content (AvgIpc) is 2.75. The number of benzene rings is 2. The molecule has 0 aliphatic carbocycles. The van der Waals surface area contributed by atoms with Crippen molar-refractivity contribution in [3.8, 4) is 0 Å². The van der Waals surface area contributed by atoms with Crippen LogP contribution in [0.2, 0.25) is 0 Å². The summed E-state index contributed by atoms with van der Waals surface area (Å²) in [7, 11) is 0. The molecular weight excluding hydrogens is 374 g/mol. The number of ether oxygens (including phenoxy) is 1. The molecule has 2 aromatic rings. The fourth-order valence-corrected chi connectivity index (χ4v) is 3.92. The van der Waals surface area contributed by atoms with Crippen LogP contribution < -0.4 is 15.5 Å². The zero-order chi connectivity index (χ0) is 21.5. The van der Waals surface area contributed by atoms with E-state index < -0.39 is 0 Å². The van der Waals surface area contributed by atoms with Crippen LogP contribution in [0.5, 0.6) is 0 Å². The Kier molecular flexibility index (Phi) is 7.88. The van der Waals surface area contributed by atoms with E-state index in [0.29, 0.717) is 18.4 Å². The quantitative estimate of drug-likeness (QED) is 0.700. The van der Waals surface area contributed by atoms with Gasteiger partial charge in [-0.3, -0.25) is 4.79 Å². The normalized spacial score (nSPS) is 15.5. The second kappa shape index (κ2) is 10.6. The summed E-state index contributed by atoms with van der Waals surface area (Å²) in [6.07, 6.45) is 0. The van der Waals surface area contributed by atoms with Gasteiger partial charge in [-0.15, -0.1) is 0 Å². The summed E-state index contributed by atoms with van der Waals surface area (Å²) >= 11 is 0. The molecule has 5 heteroatoms. The van der Waals surface area contributed by atoms with Gasteiger partial charge in [-0.2, -0.15) is 0 Å². The van der Waals surface area contributed by atoms with Gasteiger partial charge >= 0.3 is 0 Å². The minimum Gasteiger partial charge on any atom is -0.378 e. The molecule has 1 fully saturated rings. The summed E-state index contributed by atoms with van der Waals surface area (Å²) < 4.78 is 5.41.